The van der Waals surface area contributed by atoms with Gasteiger partial charge in [0.25, 0.3) is 5.69 Å². The van der Waals surface area contributed by atoms with Crippen molar-refractivity contribution >= 4 is 28.3 Å². The zero-order valence-electron chi connectivity index (χ0n) is 25.2. The summed E-state index contributed by atoms with van der Waals surface area (Å²) >= 11 is 0. The fourth-order valence-electron chi connectivity index (χ4n) is 5.62. The first-order valence-corrected chi connectivity index (χ1v) is 15.0. The molecule has 0 aliphatic carbocycles. The lowest BCUT2D eigenvalue weighted by atomic mass is 9.97. The maximum Gasteiger partial charge on any atom is 0.326 e. The standard InChI is InChI=1S/C38H32N2O6/c1-2-45-36-20-18-31(32-24-30(46-37(32)36)21-25-9-5-3-6-10-25)28-15-13-27(14-16-28)29-17-19-33(35(23-29)40(43)44)39-34(38(41)42)22-26-11-7-4-8-12-26/h3-20,23-24,34,39H,2,21-22H2,1H3,(H,41,42). The third kappa shape index (κ3) is 6.61. The molecule has 0 saturated heterocycles. The van der Waals surface area contributed by atoms with Crippen LogP contribution >= 0.6 is 0 Å². The van der Waals surface area contributed by atoms with E-state index in [1.807, 2.05) is 91.9 Å². The van der Waals surface area contributed by atoms with Gasteiger partial charge in [0.15, 0.2) is 11.3 Å². The fraction of sp³-hybridized carbons (Fsp3) is 0.132. The Hall–Kier alpha value is -5.89. The highest BCUT2D eigenvalue weighted by Gasteiger charge is 2.23. The maximum atomic E-state index is 12.1. The Labute approximate surface area is 266 Å². The van der Waals surface area contributed by atoms with Crippen LogP contribution in [0.15, 0.2) is 126 Å². The van der Waals surface area contributed by atoms with Crippen molar-refractivity contribution in [2.45, 2.75) is 25.8 Å². The summed E-state index contributed by atoms with van der Waals surface area (Å²) in [6.07, 6.45) is 0.836. The summed E-state index contributed by atoms with van der Waals surface area (Å²) in [7, 11) is 0. The number of fused-ring (bicyclic) bond motifs is 1. The summed E-state index contributed by atoms with van der Waals surface area (Å²) in [5.41, 5.74) is 5.99. The monoisotopic (exact) mass is 612 g/mol. The molecular formula is C38H32N2O6. The zero-order valence-corrected chi connectivity index (χ0v) is 25.2. The van der Waals surface area contributed by atoms with Crippen LogP contribution in [0.1, 0.15) is 23.8 Å². The summed E-state index contributed by atoms with van der Waals surface area (Å²) in [5, 5.41) is 25.7. The molecule has 230 valence electrons. The molecule has 1 unspecified atom stereocenters. The molecule has 8 heteroatoms. The van der Waals surface area contributed by atoms with Crippen molar-refractivity contribution in [3.8, 4) is 28.0 Å². The predicted molar refractivity (Wildman–Crippen MR) is 179 cm³/mol. The second-order valence-corrected chi connectivity index (χ2v) is 11.0. The minimum atomic E-state index is -1.09. The lowest BCUT2D eigenvalue weighted by Crippen LogP contribution is -2.31. The minimum absolute atomic E-state index is 0.150. The third-order valence-electron chi connectivity index (χ3n) is 7.85. The summed E-state index contributed by atoms with van der Waals surface area (Å²) in [6, 6.07) is 36.9. The number of anilines is 1. The summed E-state index contributed by atoms with van der Waals surface area (Å²) in [6.45, 7) is 2.46. The van der Waals surface area contributed by atoms with Gasteiger partial charge >= 0.3 is 5.97 Å². The van der Waals surface area contributed by atoms with Crippen LogP contribution in [0.3, 0.4) is 0 Å². The van der Waals surface area contributed by atoms with Crippen molar-refractivity contribution in [2.24, 2.45) is 0 Å². The molecule has 1 atom stereocenters. The molecule has 6 rings (SSSR count). The Bertz CT molecular complexity index is 1990. The van der Waals surface area contributed by atoms with Crippen LogP contribution in [0, 0.1) is 10.1 Å². The van der Waals surface area contributed by atoms with E-state index in [9.17, 15) is 20.0 Å². The Morgan fingerprint density at radius 3 is 2.15 bits per heavy atom. The van der Waals surface area contributed by atoms with Crippen molar-refractivity contribution < 1.29 is 24.0 Å². The van der Waals surface area contributed by atoms with Gasteiger partial charge in [-0.05, 0) is 64.6 Å². The van der Waals surface area contributed by atoms with Gasteiger partial charge in [0.1, 0.15) is 17.5 Å². The highest BCUT2D eigenvalue weighted by atomic mass is 16.6. The van der Waals surface area contributed by atoms with E-state index in [0.29, 0.717) is 29.9 Å². The molecule has 0 spiro atoms. The van der Waals surface area contributed by atoms with Gasteiger partial charge in [-0.3, -0.25) is 10.1 Å². The van der Waals surface area contributed by atoms with E-state index in [1.54, 1.807) is 12.1 Å². The first-order valence-electron chi connectivity index (χ1n) is 15.0. The fourth-order valence-corrected chi connectivity index (χ4v) is 5.62. The SMILES string of the molecule is CCOc1ccc(-c2ccc(-c3ccc(NC(Cc4ccccc4)C(=O)O)c([N+](=O)[O-])c3)cc2)c2cc(Cc3ccccc3)oc12. The molecule has 8 nitrogen and oxygen atoms in total. The van der Waals surface area contributed by atoms with Crippen LogP contribution in [0.25, 0.3) is 33.2 Å². The zero-order chi connectivity index (χ0) is 32.0. The van der Waals surface area contributed by atoms with Crippen LogP contribution in [-0.4, -0.2) is 28.6 Å². The van der Waals surface area contributed by atoms with Crippen molar-refractivity contribution in [1.82, 2.24) is 0 Å². The van der Waals surface area contributed by atoms with Crippen LogP contribution in [0.2, 0.25) is 0 Å². The number of nitro benzene ring substituents is 1. The quantitative estimate of drug-likeness (QED) is 0.105. The van der Waals surface area contributed by atoms with Gasteiger partial charge in [-0.1, -0.05) is 91.0 Å². The largest absolute Gasteiger partial charge is 0.490 e. The molecular weight excluding hydrogens is 580 g/mol. The molecule has 0 bridgehead atoms. The lowest BCUT2D eigenvalue weighted by Gasteiger charge is -2.16. The molecule has 0 aliphatic heterocycles. The number of benzene rings is 5. The Morgan fingerprint density at radius 1 is 0.848 bits per heavy atom. The number of aliphatic carboxylic acids is 1. The highest BCUT2D eigenvalue weighted by Crippen LogP contribution is 2.39. The molecule has 1 aromatic heterocycles. The van der Waals surface area contributed by atoms with Crippen LogP contribution in [-0.2, 0) is 17.6 Å². The molecule has 6 aromatic rings. The van der Waals surface area contributed by atoms with Gasteiger partial charge in [-0.15, -0.1) is 0 Å². The van der Waals surface area contributed by atoms with Crippen LogP contribution in [0.5, 0.6) is 5.75 Å². The van der Waals surface area contributed by atoms with Gasteiger partial charge in [-0.25, -0.2) is 4.79 Å². The van der Waals surface area contributed by atoms with Crippen molar-refractivity contribution in [3.63, 3.8) is 0 Å². The number of furan rings is 1. The number of carboxylic acid groups (broad SMARTS) is 1. The van der Waals surface area contributed by atoms with Crippen LogP contribution < -0.4 is 10.1 Å². The maximum absolute atomic E-state index is 12.1. The molecule has 0 saturated carbocycles. The highest BCUT2D eigenvalue weighted by molar-refractivity contribution is 5.98. The van der Waals surface area contributed by atoms with Gasteiger partial charge in [0.05, 0.1) is 11.5 Å². The number of carboxylic acids is 1. The molecule has 0 aliphatic rings. The predicted octanol–water partition coefficient (Wildman–Crippen LogP) is 8.77. The molecule has 0 fully saturated rings. The lowest BCUT2D eigenvalue weighted by molar-refractivity contribution is -0.383. The number of hydrogen-bond donors (Lipinski definition) is 2. The summed E-state index contributed by atoms with van der Waals surface area (Å²) < 4.78 is 12.2. The van der Waals surface area contributed by atoms with Gasteiger partial charge < -0.3 is 19.6 Å². The van der Waals surface area contributed by atoms with E-state index in [0.717, 1.165) is 39.0 Å². The molecule has 0 amide bonds. The number of nitrogens with zero attached hydrogens (tertiary/aromatic N) is 1. The number of ether oxygens (including phenoxy) is 1. The average molecular weight is 613 g/mol. The molecule has 1 heterocycles. The first-order chi connectivity index (χ1) is 22.4. The van der Waals surface area contributed by atoms with Gasteiger partial charge in [0.2, 0.25) is 0 Å². The molecule has 46 heavy (non-hydrogen) atoms. The average Bonchev–Trinajstić information content (AvgIpc) is 3.50. The van der Waals surface area contributed by atoms with Gasteiger partial charge in [-0.2, -0.15) is 0 Å². The summed E-state index contributed by atoms with van der Waals surface area (Å²) in [4.78, 5) is 23.6. The smallest absolute Gasteiger partial charge is 0.326 e. The van der Waals surface area contributed by atoms with E-state index < -0.39 is 16.9 Å². The number of rotatable bonds is 12. The molecule has 2 N–H and O–H groups in total. The first kappa shape index (κ1) is 30.1. The number of nitrogens with one attached hydrogen (secondary N) is 1. The third-order valence-corrected chi connectivity index (χ3v) is 7.85. The second-order valence-electron chi connectivity index (χ2n) is 11.0. The normalized spacial score (nSPS) is 11.7. The van der Waals surface area contributed by atoms with Crippen molar-refractivity contribution in [1.29, 1.82) is 0 Å². The van der Waals surface area contributed by atoms with E-state index in [2.05, 4.69) is 23.5 Å². The Morgan fingerprint density at radius 2 is 1.50 bits per heavy atom. The number of nitro groups is 1. The molecule has 0 radical (unpaired) electrons. The van der Waals surface area contributed by atoms with Crippen molar-refractivity contribution in [3.05, 3.63) is 148 Å². The van der Waals surface area contributed by atoms with E-state index >= 15 is 0 Å². The Balaban J connectivity index is 1.28. The molecule has 5 aromatic carbocycles. The van der Waals surface area contributed by atoms with E-state index in [-0.39, 0.29) is 17.8 Å². The second kappa shape index (κ2) is 13.4. The van der Waals surface area contributed by atoms with Crippen molar-refractivity contribution in [2.75, 3.05) is 11.9 Å². The van der Waals surface area contributed by atoms with Gasteiger partial charge in [0, 0.05) is 24.3 Å². The topological polar surface area (TPSA) is 115 Å². The number of carbonyl (C=O) groups is 1. The number of hydrogen-bond acceptors (Lipinski definition) is 6. The summed E-state index contributed by atoms with van der Waals surface area (Å²) in [5.74, 6) is 0.430. The van der Waals surface area contributed by atoms with E-state index in [1.165, 1.54) is 6.07 Å². The van der Waals surface area contributed by atoms with E-state index in [4.69, 9.17) is 9.15 Å². The van der Waals surface area contributed by atoms with Crippen LogP contribution in [0.4, 0.5) is 11.4 Å². The Kier molecular flexibility index (Phi) is 8.78. The minimum Gasteiger partial charge on any atom is -0.490 e.